The van der Waals surface area contributed by atoms with Gasteiger partial charge >= 0.3 is 5.97 Å². The van der Waals surface area contributed by atoms with Gasteiger partial charge in [-0.15, -0.1) is 0 Å². The zero-order valence-corrected chi connectivity index (χ0v) is 15.2. The van der Waals surface area contributed by atoms with E-state index in [0.29, 0.717) is 6.42 Å². The van der Waals surface area contributed by atoms with Crippen LogP contribution in [0.1, 0.15) is 59.3 Å². The van der Waals surface area contributed by atoms with Gasteiger partial charge in [0.1, 0.15) is 0 Å². The summed E-state index contributed by atoms with van der Waals surface area (Å²) in [4.78, 5) is 12.0. The van der Waals surface area contributed by atoms with Gasteiger partial charge in [-0.2, -0.15) is 0 Å². The molecule has 2 saturated carbocycles. The van der Waals surface area contributed by atoms with Crippen molar-refractivity contribution in [2.24, 2.45) is 22.7 Å². The van der Waals surface area contributed by atoms with Crippen LogP contribution in [-0.4, -0.2) is 34.0 Å². The molecule has 0 unspecified atom stereocenters. The number of aliphatic carboxylic acids is 1. The minimum absolute atomic E-state index is 0.0779. The molecule has 2 aliphatic rings. The number of hydrogen-bond acceptors (Lipinski definition) is 3. The Balaban J connectivity index is 2.32. The van der Waals surface area contributed by atoms with Gasteiger partial charge in [-0.05, 0) is 68.8 Å². The lowest BCUT2D eigenvalue weighted by Gasteiger charge is -2.57. The Kier molecular flexibility index (Phi) is 5.61. The minimum Gasteiger partial charge on any atom is -0.481 e. The average Bonchev–Trinajstić information content (AvgIpc) is 2.50. The first-order chi connectivity index (χ1) is 11.2. The van der Waals surface area contributed by atoms with E-state index >= 15 is 0 Å². The summed E-state index contributed by atoms with van der Waals surface area (Å²) in [5.41, 5.74) is 1.08. The predicted molar refractivity (Wildman–Crippen MR) is 94.5 cm³/mol. The van der Waals surface area contributed by atoms with Crippen LogP contribution >= 0.6 is 0 Å². The van der Waals surface area contributed by atoms with E-state index < -0.39 is 17.5 Å². The Bertz CT molecular complexity index is 538. The van der Waals surface area contributed by atoms with Crippen LogP contribution in [-0.2, 0) is 4.79 Å². The first-order valence-electron chi connectivity index (χ1n) is 9.03. The lowest BCUT2D eigenvalue weighted by atomic mass is 9.46. The summed E-state index contributed by atoms with van der Waals surface area (Å²) < 4.78 is 0. The number of carboxylic acids is 1. The van der Waals surface area contributed by atoms with Gasteiger partial charge in [-0.1, -0.05) is 31.6 Å². The zero-order valence-electron chi connectivity index (χ0n) is 15.2. The van der Waals surface area contributed by atoms with Crippen molar-refractivity contribution in [1.29, 1.82) is 0 Å². The molecule has 0 aromatic heterocycles. The van der Waals surface area contributed by atoms with Crippen molar-refractivity contribution in [2.45, 2.75) is 65.4 Å². The summed E-state index contributed by atoms with van der Waals surface area (Å²) in [6, 6.07) is 0. The van der Waals surface area contributed by atoms with Crippen LogP contribution in [0.4, 0.5) is 0 Å². The molecular weight excluding hydrogens is 304 g/mol. The SMILES string of the molecule is C=C1CC[C@@H]2[C@](C)(CCC[C@]2(C)C(=O)O)[C@H]1C[C@@H](O)/C(C)=C/CO. The van der Waals surface area contributed by atoms with Gasteiger partial charge in [-0.3, -0.25) is 4.79 Å². The Labute approximate surface area is 145 Å². The number of carboxylic acid groups (broad SMARTS) is 1. The fourth-order valence-corrected chi connectivity index (χ4v) is 5.33. The van der Waals surface area contributed by atoms with Crippen molar-refractivity contribution in [3.05, 3.63) is 23.8 Å². The lowest BCUT2D eigenvalue weighted by Crippen LogP contribution is -2.53. The van der Waals surface area contributed by atoms with E-state index in [1.165, 1.54) is 0 Å². The third kappa shape index (κ3) is 3.18. The van der Waals surface area contributed by atoms with E-state index in [1.807, 2.05) is 13.8 Å². The van der Waals surface area contributed by atoms with E-state index in [2.05, 4.69) is 13.5 Å². The topological polar surface area (TPSA) is 77.8 Å². The molecule has 0 amide bonds. The quantitative estimate of drug-likeness (QED) is 0.671. The fourth-order valence-electron chi connectivity index (χ4n) is 5.33. The molecule has 4 heteroatoms. The van der Waals surface area contributed by atoms with Gasteiger partial charge in [0.15, 0.2) is 0 Å². The van der Waals surface area contributed by atoms with E-state index in [4.69, 9.17) is 5.11 Å². The molecule has 0 bridgehead atoms. The summed E-state index contributed by atoms with van der Waals surface area (Å²) in [5, 5.41) is 29.4. The molecule has 5 atom stereocenters. The van der Waals surface area contributed by atoms with E-state index in [-0.39, 0.29) is 23.9 Å². The fraction of sp³-hybridized carbons (Fsp3) is 0.750. The number of hydrogen-bond donors (Lipinski definition) is 3. The van der Waals surface area contributed by atoms with Crippen LogP contribution in [0.15, 0.2) is 23.8 Å². The monoisotopic (exact) mass is 336 g/mol. The molecule has 24 heavy (non-hydrogen) atoms. The standard InChI is InChI=1S/C20H32O4/c1-13-6-7-17-19(3,9-5-10-20(17,4)18(23)24)15(13)12-16(22)14(2)8-11-21/h8,15-17,21-22H,1,5-7,9-12H2,2-4H3,(H,23,24)/b14-8+/t15-,16+,17+,19+,20-/m0/s1. The highest BCUT2D eigenvalue weighted by atomic mass is 16.4. The van der Waals surface area contributed by atoms with Crippen molar-refractivity contribution in [1.82, 2.24) is 0 Å². The number of allylic oxidation sites excluding steroid dienone is 1. The first-order valence-corrected chi connectivity index (χ1v) is 9.03. The maximum atomic E-state index is 12.0. The molecule has 3 N–H and O–H groups in total. The molecule has 0 saturated heterocycles. The highest BCUT2D eigenvalue weighted by Crippen LogP contribution is 2.62. The maximum Gasteiger partial charge on any atom is 0.309 e. The van der Waals surface area contributed by atoms with Crippen LogP contribution in [0.3, 0.4) is 0 Å². The zero-order chi connectivity index (χ0) is 18.1. The highest BCUT2D eigenvalue weighted by Gasteiger charge is 2.57. The van der Waals surface area contributed by atoms with Crippen LogP contribution in [0.2, 0.25) is 0 Å². The van der Waals surface area contributed by atoms with Crippen molar-refractivity contribution in [3.63, 3.8) is 0 Å². The molecule has 0 radical (unpaired) electrons. The van der Waals surface area contributed by atoms with Crippen LogP contribution in [0, 0.1) is 22.7 Å². The number of aliphatic hydroxyl groups is 2. The molecule has 0 spiro atoms. The van der Waals surface area contributed by atoms with E-state index in [1.54, 1.807) is 6.08 Å². The van der Waals surface area contributed by atoms with Gasteiger partial charge < -0.3 is 15.3 Å². The molecule has 4 nitrogen and oxygen atoms in total. The van der Waals surface area contributed by atoms with Gasteiger partial charge in [0, 0.05) is 0 Å². The molecule has 0 aromatic carbocycles. The number of carbonyl (C=O) groups is 1. The third-order valence-corrected chi connectivity index (χ3v) is 6.91. The van der Waals surface area contributed by atoms with E-state index in [9.17, 15) is 15.0 Å². The summed E-state index contributed by atoms with van der Waals surface area (Å²) in [5.74, 6) is -0.463. The predicted octanol–water partition coefficient (Wildman–Crippen LogP) is 3.54. The lowest BCUT2D eigenvalue weighted by molar-refractivity contribution is -0.164. The van der Waals surface area contributed by atoms with Crippen molar-refractivity contribution >= 4 is 5.97 Å². The van der Waals surface area contributed by atoms with Gasteiger partial charge in [0.25, 0.3) is 0 Å². The molecular formula is C20H32O4. The van der Waals surface area contributed by atoms with Gasteiger partial charge in [0.05, 0.1) is 18.1 Å². The van der Waals surface area contributed by atoms with Crippen molar-refractivity contribution < 1.29 is 20.1 Å². The van der Waals surface area contributed by atoms with Crippen molar-refractivity contribution in [3.8, 4) is 0 Å². The summed E-state index contributed by atoms with van der Waals surface area (Å²) in [6.45, 7) is 10.1. The molecule has 2 fully saturated rings. The molecule has 2 rings (SSSR count). The molecule has 136 valence electrons. The molecule has 0 aliphatic heterocycles. The minimum atomic E-state index is -0.693. The Morgan fingerprint density at radius 3 is 2.67 bits per heavy atom. The first kappa shape index (κ1) is 19.2. The second-order valence-corrected chi connectivity index (χ2v) is 8.27. The van der Waals surface area contributed by atoms with Crippen LogP contribution in [0.25, 0.3) is 0 Å². The van der Waals surface area contributed by atoms with Gasteiger partial charge in [-0.25, -0.2) is 0 Å². The van der Waals surface area contributed by atoms with E-state index in [0.717, 1.165) is 43.3 Å². The van der Waals surface area contributed by atoms with Crippen LogP contribution in [0.5, 0.6) is 0 Å². The number of aliphatic hydroxyl groups excluding tert-OH is 2. The Morgan fingerprint density at radius 2 is 2.08 bits per heavy atom. The molecule has 0 aromatic rings. The normalized spacial score (nSPS) is 38.5. The maximum absolute atomic E-state index is 12.0. The number of fused-ring (bicyclic) bond motifs is 1. The summed E-state index contributed by atoms with van der Waals surface area (Å²) >= 11 is 0. The number of rotatable bonds is 5. The Morgan fingerprint density at radius 1 is 1.42 bits per heavy atom. The highest BCUT2D eigenvalue weighted by molar-refractivity contribution is 5.75. The largest absolute Gasteiger partial charge is 0.481 e. The van der Waals surface area contributed by atoms with Gasteiger partial charge in [0.2, 0.25) is 0 Å². The third-order valence-electron chi connectivity index (χ3n) is 6.91. The van der Waals surface area contributed by atoms with Crippen LogP contribution < -0.4 is 0 Å². The molecule has 2 aliphatic carbocycles. The average molecular weight is 336 g/mol. The summed E-state index contributed by atoms with van der Waals surface area (Å²) in [7, 11) is 0. The molecule has 0 heterocycles. The Hall–Kier alpha value is -1.13. The smallest absolute Gasteiger partial charge is 0.309 e. The second-order valence-electron chi connectivity index (χ2n) is 8.27. The second kappa shape index (κ2) is 7.01. The van der Waals surface area contributed by atoms with Crippen molar-refractivity contribution in [2.75, 3.05) is 6.61 Å². The summed E-state index contributed by atoms with van der Waals surface area (Å²) in [6.07, 6.45) is 5.91.